The third kappa shape index (κ3) is 3.76. The van der Waals surface area contributed by atoms with Crippen LogP contribution in [0, 0.1) is 23.3 Å². The molecular weight excluding hydrogens is 374 g/mol. The van der Waals surface area contributed by atoms with Gasteiger partial charge < -0.3 is 15.5 Å². The smallest absolute Gasteiger partial charge is 0.315 e. The van der Waals surface area contributed by atoms with Crippen LogP contribution in [0.3, 0.4) is 0 Å². The number of urea groups is 1. The Morgan fingerprint density at radius 2 is 1.75 bits per heavy atom. The average molecular weight is 393 g/mol. The SMILES string of the molecule is O=C(NC1CCN(c2ccc(F)cc2F)C1)NC1CC1c1c(F)cccc1F. The van der Waals surface area contributed by atoms with Crippen LogP contribution in [-0.4, -0.2) is 31.2 Å². The lowest BCUT2D eigenvalue weighted by atomic mass is 10.1. The number of rotatable bonds is 4. The second kappa shape index (κ2) is 7.33. The van der Waals surface area contributed by atoms with Gasteiger partial charge in [-0.05, 0) is 37.1 Å². The van der Waals surface area contributed by atoms with Gasteiger partial charge in [-0.15, -0.1) is 0 Å². The predicted octanol–water partition coefficient (Wildman–Crippen LogP) is 3.68. The molecule has 2 N–H and O–H groups in total. The van der Waals surface area contributed by atoms with Crippen molar-refractivity contribution in [3.8, 4) is 0 Å². The Balaban J connectivity index is 1.30. The molecule has 3 unspecified atom stereocenters. The fraction of sp³-hybridized carbons (Fsp3) is 0.350. The van der Waals surface area contributed by atoms with Crippen LogP contribution in [-0.2, 0) is 0 Å². The van der Waals surface area contributed by atoms with E-state index in [1.54, 1.807) is 4.90 Å². The molecule has 8 heteroatoms. The first-order chi connectivity index (χ1) is 13.4. The minimum atomic E-state index is -0.641. The van der Waals surface area contributed by atoms with Crippen LogP contribution in [0.4, 0.5) is 28.0 Å². The third-order valence-corrected chi connectivity index (χ3v) is 5.25. The molecule has 2 amide bonds. The predicted molar refractivity (Wildman–Crippen MR) is 96.1 cm³/mol. The Hall–Kier alpha value is -2.77. The molecule has 4 nitrogen and oxygen atoms in total. The van der Waals surface area contributed by atoms with Crippen molar-refractivity contribution in [1.82, 2.24) is 10.6 Å². The molecule has 28 heavy (non-hydrogen) atoms. The van der Waals surface area contributed by atoms with E-state index in [1.807, 2.05) is 0 Å². The molecule has 4 rings (SSSR count). The van der Waals surface area contributed by atoms with Crippen LogP contribution >= 0.6 is 0 Å². The quantitative estimate of drug-likeness (QED) is 0.779. The monoisotopic (exact) mass is 393 g/mol. The summed E-state index contributed by atoms with van der Waals surface area (Å²) in [5.74, 6) is -2.87. The average Bonchev–Trinajstić information content (AvgIpc) is 3.20. The summed E-state index contributed by atoms with van der Waals surface area (Å²) in [6.07, 6.45) is 1.09. The Kier molecular flexibility index (Phi) is 4.87. The molecule has 1 saturated heterocycles. The molecule has 1 heterocycles. The molecule has 0 aromatic heterocycles. The maximum atomic E-state index is 13.9. The molecule has 1 saturated carbocycles. The minimum Gasteiger partial charge on any atom is -0.367 e. The van der Waals surface area contributed by atoms with Crippen molar-refractivity contribution in [2.24, 2.45) is 0 Å². The van der Waals surface area contributed by atoms with Gasteiger partial charge in [-0.3, -0.25) is 0 Å². The zero-order valence-electron chi connectivity index (χ0n) is 14.9. The first kappa shape index (κ1) is 18.6. The first-order valence-corrected chi connectivity index (χ1v) is 9.13. The molecule has 1 aliphatic carbocycles. The molecule has 1 aliphatic heterocycles. The highest BCUT2D eigenvalue weighted by Crippen LogP contribution is 2.43. The van der Waals surface area contributed by atoms with E-state index in [4.69, 9.17) is 0 Å². The number of hydrogen-bond acceptors (Lipinski definition) is 2. The van der Waals surface area contributed by atoms with Gasteiger partial charge in [-0.2, -0.15) is 0 Å². The molecule has 0 spiro atoms. The number of nitrogens with zero attached hydrogens (tertiary/aromatic N) is 1. The van der Waals surface area contributed by atoms with E-state index in [0.717, 1.165) is 6.07 Å². The lowest BCUT2D eigenvalue weighted by Crippen LogP contribution is -2.44. The summed E-state index contributed by atoms with van der Waals surface area (Å²) in [6, 6.07) is 6.18. The summed E-state index contributed by atoms with van der Waals surface area (Å²) in [5, 5.41) is 5.54. The first-order valence-electron chi connectivity index (χ1n) is 9.13. The Labute approximate surface area is 159 Å². The van der Waals surface area contributed by atoms with Gasteiger partial charge in [0.05, 0.1) is 5.69 Å². The van der Waals surface area contributed by atoms with Crippen LogP contribution in [0.25, 0.3) is 0 Å². The topological polar surface area (TPSA) is 44.4 Å². The maximum absolute atomic E-state index is 13.9. The normalized spacial score (nSPS) is 23.6. The Morgan fingerprint density at radius 3 is 2.46 bits per heavy atom. The van der Waals surface area contributed by atoms with Gasteiger partial charge in [0, 0.05) is 42.7 Å². The summed E-state index contributed by atoms with van der Waals surface area (Å²) in [4.78, 5) is 13.9. The molecule has 148 valence electrons. The third-order valence-electron chi connectivity index (χ3n) is 5.25. The number of halogens is 4. The van der Waals surface area contributed by atoms with Crippen LogP contribution in [0.15, 0.2) is 36.4 Å². The van der Waals surface area contributed by atoms with Crippen molar-refractivity contribution < 1.29 is 22.4 Å². The van der Waals surface area contributed by atoms with Crippen LogP contribution in [0.2, 0.25) is 0 Å². The highest BCUT2D eigenvalue weighted by Gasteiger charge is 2.43. The Bertz CT molecular complexity index is 887. The molecule has 2 fully saturated rings. The van der Waals surface area contributed by atoms with Crippen molar-refractivity contribution in [3.63, 3.8) is 0 Å². The van der Waals surface area contributed by atoms with Crippen LogP contribution in [0.5, 0.6) is 0 Å². The van der Waals surface area contributed by atoms with E-state index >= 15 is 0 Å². The van der Waals surface area contributed by atoms with Gasteiger partial charge in [0.1, 0.15) is 23.3 Å². The van der Waals surface area contributed by atoms with E-state index in [-0.39, 0.29) is 23.6 Å². The van der Waals surface area contributed by atoms with E-state index < -0.39 is 29.3 Å². The number of benzene rings is 2. The van der Waals surface area contributed by atoms with E-state index in [2.05, 4.69) is 10.6 Å². The van der Waals surface area contributed by atoms with Crippen molar-refractivity contribution in [2.75, 3.05) is 18.0 Å². The Morgan fingerprint density at radius 1 is 1.00 bits per heavy atom. The summed E-state index contributed by atoms with van der Waals surface area (Å²) in [5.41, 5.74) is 0.301. The molecule has 0 radical (unpaired) electrons. The van der Waals surface area contributed by atoms with E-state index in [9.17, 15) is 22.4 Å². The molecular formula is C20H19F4N3O. The second-order valence-electron chi connectivity index (χ2n) is 7.23. The van der Waals surface area contributed by atoms with Gasteiger partial charge in [-0.25, -0.2) is 22.4 Å². The van der Waals surface area contributed by atoms with Crippen molar-refractivity contribution in [2.45, 2.75) is 30.8 Å². The lowest BCUT2D eigenvalue weighted by Gasteiger charge is -2.20. The summed E-state index contributed by atoms with van der Waals surface area (Å²) < 4.78 is 54.6. The fourth-order valence-corrected chi connectivity index (χ4v) is 3.77. The largest absolute Gasteiger partial charge is 0.367 e. The van der Waals surface area contributed by atoms with E-state index in [0.29, 0.717) is 31.6 Å². The minimum absolute atomic E-state index is 0.00614. The van der Waals surface area contributed by atoms with Crippen molar-refractivity contribution >= 4 is 11.7 Å². The van der Waals surface area contributed by atoms with Crippen LogP contribution < -0.4 is 15.5 Å². The number of hydrogen-bond donors (Lipinski definition) is 2. The summed E-state index contributed by atoms with van der Waals surface area (Å²) in [6.45, 7) is 0.923. The van der Waals surface area contributed by atoms with Crippen molar-refractivity contribution in [3.05, 3.63) is 65.2 Å². The second-order valence-corrected chi connectivity index (χ2v) is 7.23. The number of anilines is 1. The molecule has 3 atom stereocenters. The fourth-order valence-electron chi connectivity index (χ4n) is 3.77. The zero-order chi connectivity index (χ0) is 19.8. The van der Waals surface area contributed by atoms with Crippen molar-refractivity contribution in [1.29, 1.82) is 0 Å². The molecule has 2 aromatic carbocycles. The number of nitrogens with one attached hydrogen (secondary N) is 2. The molecule has 2 aliphatic rings. The zero-order valence-corrected chi connectivity index (χ0v) is 14.9. The van der Waals surface area contributed by atoms with Gasteiger partial charge in [-0.1, -0.05) is 6.07 Å². The standard InChI is InChI=1S/C20H19F4N3O/c21-11-4-5-18(16(24)8-11)27-7-6-12(10-27)25-20(28)26-17-9-13(17)19-14(22)2-1-3-15(19)23/h1-5,8,12-13,17H,6-7,9-10H2,(H2,25,26,28). The van der Waals surface area contributed by atoms with Gasteiger partial charge in [0.2, 0.25) is 0 Å². The molecule has 0 bridgehead atoms. The van der Waals surface area contributed by atoms with E-state index in [1.165, 1.54) is 30.3 Å². The van der Waals surface area contributed by atoms with Gasteiger partial charge >= 0.3 is 6.03 Å². The number of carbonyl (C=O) groups is 1. The van der Waals surface area contributed by atoms with Gasteiger partial charge in [0.25, 0.3) is 0 Å². The number of carbonyl (C=O) groups excluding carboxylic acids is 1. The highest BCUT2D eigenvalue weighted by atomic mass is 19.1. The maximum Gasteiger partial charge on any atom is 0.315 e. The highest BCUT2D eigenvalue weighted by molar-refractivity contribution is 5.75. The summed E-state index contributed by atoms with van der Waals surface area (Å²) >= 11 is 0. The van der Waals surface area contributed by atoms with Gasteiger partial charge in [0.15, 0.2) is 0 Å². The number of amides is 2. The summed E-state index contributed by atoms with van der Waals surface area (Å²) in [7, 11) is 0. The lowest BCUT2D eigenvalue weighted by molar-refractivity contribution is 0.237. The molecule has 2 aromatic rings. The van der Waals surface area contributed by atoms with Crippen LogP contribution in [0.1, 0.15) is 24.3 Å².